The summed E-state index contributed by atoms with van der Waals surface area (Å²) in [7, 11) is 4.54. The summed E-state index contributed by atoms with van der Waals surface area (Å²) in [6.45, 7) is 0.818. The highest BCUT2D eigenvalue weighted by atomic mass is 16.7. The molecule has 1 fully saturated rings. The second kappa shape index (κ2) is 9.86. The summed E-state index contributed by atoms with van der Waals surface area (Å²) in [4.78, 5) is 0. The van der Waals surface area contributed by atoms with Crippen molar-refractivity contribution in [3.8, 4) is 11.5 Å². The van der Waals surface area contributed by atoms with Gasteiger partial charge in [0.15, 0.2) is 17.8 Å². The molecule has 4 N–H and O–H groups in total. The lowest BCUT2D eigenvalue weighted by atomic mass is 9.99. The minimum Gasteiger partial charge on any atom is -0.493 e. The van der Waals surface area contributed by atoms with Gasteiger partial charge in [0.1, 0.15) is 24.4 Å². The van der Waals surface area contributed by atoms with Gasteiger partial charge in [-0.1, -0.05) is 18.2 Å². The monoisotopic (exact) mass is 369 g/mol. The third-order valence-corrected chi connectivity index (χ3v) is 4.23. The largest absolute Gasteiger partial charge is 0.493 e. The van der Waals surface area contributed by atoms with Crippen molar-refractivity contribution >= 4 is 6.08 Å². The van der Waals surface area contributed by atoms with E-state index < -0.39 is 30.7 Å². The van der Waals surface area contributed by atoms with Crippen LogP contribution in [0.15, 0.2) is 24.3 Å². The molecule has 1 heterocycles. The zero-order valence-electron chi connectivity index (χ0n) is 15.2. The zero-order chi connectivity index (χ0) is 19.1. The molecule has 1 saturated heterocycles. The van der Waals surface area contributed by atoms with Gasteiger partial charge in [-0.2, -0.15) is 0 Å². The van der Waals surface area contributed by atoms with E-state index in [2.05, 4.69) is 5.32 Å². The Kier molecular flexibility index (Phi) is 7.83. The summed E-state index contributed by atoms with van der Waals surface area (Å²) >= 11 is 0. The maximum atomic E-state index is 9.99. The average Bonchev–Trinajstić information content (AvgIpc) is 2.67. The lowest BCUT2D eigenvalue weighted by Crippen LogP contribution is -2.60. The van der Waals surface area contributed by atoms with Gasteiger partial charge in [-0.25, -0.2) is 0 Å². The van der Waals surface area contributed by atoms with Crippen LogP contribution in [0.4, 0.5) is 0 Å². The third kappa shape index (κ3) is 4.94. The van der Waals surface area contributed by atoms with E-state index in [4.69, 9.17) is 18.9 Å². The topological polar surface area (TPSA) is 110 Å². The van der Waals surface area contributed by atoms with E-state index in [1.54, 1.807) is 14.2 Å². The minimum atomic E-state index is -1.32. The van der Waals surface area contributed by atoms with Gasteiger partial charge in [0.2, 0.25) is 0 Å². The first-order valence-electron chi connectivity index (χ1n) is 8.33. The third-order valence-electron chi connectivity index (χ3n) is 4.23. The Hall–Kier alpha value is -1.68. The van der Waals surface area contributed by atoms with Crippen molar-refractivity contribution in [2.45, 2.75) is 30.7 Å². The van der Waals surface area contributed by atoms with Crippen LogP contribution in [0.2, 0.25) is 0 Å². The molecule has 146 valence electrons. The molecular formula is C18H27NO7. The summed E-state index contributed by atoms with van der Waals surface area (Å²) < 4.78 is 20.9. The van der Waals surface area contributed by atoms with E-state index in [0.29, 0.717) is 24.6 Å². The van der Waals surface area contributed by atoms with E-state index in [0.717, 1.165) is 5.56 Å². The van der Waals surface area contributed by atoms with E-state index in [1.165, 1.54) is 7.11 Å². The van der Waals surface area contributed by atoms with Gasteiger partial charge >= 0.3 is 0 Å². The van der Waals surface area contributed by atoms with Crippen LogP contribution in [0.25, 0.3) is 6.08 Å². The maximum absolute atomic E-state index is 9.99. The van der Waals surface area contributed by atoms with Crippen LogP contribution >= 0.6 is 0 Å². The lowest BCUT2D eigenvalue weighted by molar-refractivity contribution is -0.288. The van der Waals surface area contributed by atoms with Gasteiger partial charge in [-0.3, -0.25) is 0 Å². The predicted molar refractivity (Wildman–Crippen MR) is 95.1 cm³/mol. The normalized spacial score (nSPS) is 29.1. The Balaban J connectivity index is 1.83. The second-order valence-corrected chi connectivity index (χ2v) is 5.93. The average molecular weight is 369 g/mol. The highest BCUT2D eigenvalue weighted by molar-refractivity contribution is 5.55. The zero-order valence-corrected chi connectivity index (χ0v) is 15.2. The van der Waals surface area contributed by atoms with Crippen molar-refractivity contribution in [1.82, 2.24) is 5.32 Å². The second-order valence-electron chi connectivity index (χ2n) is 5.93. The molecule has 0 radical (unpaired) electrons. The summed E-state index contributed by atoms with van der Waals surface area (Å²) in [5.41, 5.74) is 0.955. The van der Waals surface area contributed by atoms with Gasteiger partial charge < -0.3 is 39.6 Å². The molecule has 0 bridgehead atoms. The van der Waals surface area contributed by atoms with Crippen molar-refractivity contribution in [2.75, 3.05) is 34.4 Å². The molecule has 8 nitrogen and oxygen atoms in total. The number of aliphatic hydroxyl groups excluding tert-OH is 3. The Morgan fingerprint density at radius 2 is 1.77 bits per heavy atom. The van der Waals surface area contributed by atoms with E-state index in [1.807, 2.05) is 30.4 Å². The van der Waals surface area contributed by atoms with Gasteiger partial charge in [-0.15, -0.1) is 0 Å². The molecule has 5 unspecified atom stereocenters. The first-order valence-corrected chi connectivity index (χ1v) is 8.33. The van der Waals surface area contributed by atoms with E-state index >= 15 is 0 Å². The first kappa shape index (κ1) is 20.6. The summed E-state index contributed by atoms with van der Waals surface area (Å²) in [6, 6.07) is 5.60. The number of aliphatic hydroxyl groups is 3. The number of nitrogens with one attached hydrogen (secondary N) is 1. The molecule has 5 atom stereocenters. The Morgan fingerprint density at radius 1 is 1.04 bits per heavy atom. The van der Waals surface area contributed by atoms with Crippen molar-refractivity contribution in [3.05, 3.63) is 29.8 Å². The first-order chi connectivity index (χ1) is 12.5. The van der Waals surface area contributed by atoms with Crippen LogP contribution in [0.1, 0.15) is 5.56 Å². The van der Waals surface area contributed by atoms with E-state index in [9.17, 15) is 15.3 Å². The number of hydrogen-bond donors (Lipinski definition) is 4. The maximum Gasteiger partial charge on any atom is 0.186 e. The van der Waals surface area contributed by atoms with Gasteiger partial charge in [0.25, 0.3) is 0 Å². The van der Waals surface area contributed by atoms with Crippen LogP contribution in [0.3, 0.4) is 0 Å². The fourth-order valence-electron chi connectivity index (χ4n) is 2.74. The molecule has 0 amide bonds. The smallest absolute Gasteiger partial charge is 0.186 e. The van der Waals surface area contributed by atoms with Gasteiger partial charge in [0, 0.05) is 20.2 Å². The highest BCUT2D eigenvalue weighted by Crippen LogP contribution is 2.28. The Bertz CT molecular complexity index is 593. The summed E-state index contributed by atoms with van der Waals surface area (Å²) in [5.74, 6) is 1.32. The number of rotatable bonds is 8. The van der Waals surface area contributed by atoms with Crippen molar-refractivity contribution in [3.63, 3.8) is 0 Å². The summed E-state index contributed by atoms with van der Waals surface area (Å²) in [5, 5.41) is 32.7. The van der Waals surface area contributed by atoms with Crippen LogP contribution < -0.4 is 14.8 Å². The fourth-order valence-corrected chi connectivity index (χ4v) is 2.74. The molecule has 8 heteroatoms. The summed E-state index contributed by atoms with van der Waals surface area (Å²) in [6.07, 6.45) is -1.62. The Labute approximate surface area is 153 Å². The molecule has 0 saturated carbocycles. The van der Waals surface area contributed by atoms with Crippen LogP contribution in [-0.2, 0) is 9.47 Å². The van der Waals surface area contributed by atoms with E-state index in [-0.39, 0.29) is 0 Å². The molecular weight excluding hydrogens is 342 g/mol. The molecule has 0 aromatic heterocycles. The van der Waals surface area contributed by atoms with Crippen molar-refractivity contribution < 1.29 is 34.3 Å². The predicted octanol–water partition coefficient (Wildman–Crippen LogP) is -0.239. The molecule has 0 aliphatic carbocycles. The Morgan fingerprint density at radius 3 is 2.42 bits per heavy atom. The number of benzene rings is 1. The number of methoxy groups -OCH3 is 3. The number of ether oxygens (including phenoxy) is 4. The molecule has 0 spiro atoms. The molecule has 2 rings (SSSR count). The number of hydrogen-bond acceptors (Lipinski definition) is 8. The van der Waals surface area contributed by atoms with Crippen molar-refractivity contribution in [1.29, 1.82) is 0 Å². The van der Waals surface area contributed by atoms with Crippen LogP contribution in [-0.4, -0.2) is 80.4 Å². The van der Waals surface area contributed by atoms with Gasteiger partial charge in [0.05, 0.1) is 14.2 Å². The minimum absolute atomic E-state index is 0.293. The lowest BCUT2D eigenvalue weighted by Gasteiger charge is -2.39. The molecule has 1 aromatic rings. The quantitative estimate of drug-likeness (QED) is 0.465. The molecule has 26 heavy (non-hydrogen) atoms. The molecule has 1 aromatic carbocycles. The molecule has 1 aliphatic heterocycles. The fraction of sp³-hybridized carbons (Fsp3) is 0.556. The van der Waals surface area contributed by atoms with Crippen molar-refractivity contribution in [2.24, 2.45) is 0 Å². The van der Waals surface area contributed by atoms with Crippen LogP contribution in [0, 0.1) is 0 Å². The van der Waals surface area contributed by atoms with Gasteiger partial charge in [-0.05, 0) is 17.7 Å². The SMILES string of the molecule is COc1ccc(C=CCNCC2OC(OC)C(O)C(O)C2O)cc1OC. The highest BCUT2D eigenvalue weighted by Gasteiger charge is 2.43. The standard InChI is InChI=1S/C18H27NO7/c1-23-12-7-6-11(9-13(12)24-2)5-4-8-19-10-14-15(20)16(21)17(22)18(25-3)26-14/h4-7,9,14-22H,8,10H2,1-3H3. The van der Waals surface area contributed by atoms with Crippen LogP contribution in [0.5, 0.6) is 11.5 Å². The molecule has 1 aliphatic rings.